The van der Waals surface area contributed by atoms with E-state index in [-0.39, 0.29) is 0 Å². The Morgan fingerprint density at radius 1 is 1.54 bits per heavy atom. The topological polar surface area (TPSA) is 21.1 Å². The molecule has 0 aliphatic rings. The lowest BCUT2D eigenvalue weighted by molar-refractivity contribution is 0.380. The highest BCUT2D eigenvalue weighted by Crippen LogP contribution is 2.18. The van der Waals surface area contributed by atoms with E-state index in [2.05, 4.69) is 58.3 Å². The van der Waals surface area contributed by atoms with Crippen molar-refractivity contribution < 1.29 is 0 Å². The first-order chi connectivity index (χ1) is 6.02. The second-order valence-corrected chi connectivity index (χ2v) is 4.43. The van der Waals surface area contributed by atoms with Gasteiger partial charge in [-0.05, 0) is 43.9 Å². The van der Waals surface area contributed by atoms with Gasteiger partial charge in [0.15, 0.2) is 4.73 Å². The van der Waals surface area contributed by atoms with Gasteiger partial charge in [-0.15, -0.1) is 0 Å². The minimum atomic E-state index is 0.451. The highest BCUT2D eigenvalue weighted by Gasteiger charge is 2.10. The van der Waals surface area contributed by atoms with Crippen molar-refractivity contribution in [2.24, 2.45) is 0 Å². The van der Waals surface area contributed by atoms with Gasteiger partial charge in [0.25, 0.3) is 0 Å². The molecular weight excluding hydrogens is 230 g/mol. The molecule has 4 heteroatoms. The molecule has 0 N–H and O–H groups in total. The zero-order valence-electron chi connectivity index (χ0n) is 8.58. The summed E-state index contributed by atoms with van der Waals surface area (Å²) in [4.78, 5) is 6.39. The predicted molar refractivity (Wildman–Crippen MR) is 57.7 cm³/mol. The van der Waals surface area contributed by atoms with Crippen molar-refractivity contribution in [3.63, 3.8) is 0 Å². The van der Waals surface area contributed by atoms with E-state index < -0.39 is 0 Å². The summed E-state index contributed by atoms with van der Waals surface area (Å²) in [6, 6.07) is 0.451. The van der Waals surface area contributed by atoms with Gasteiger partial charge in [0.2, 0.25) is 0 Å². The summed E-state index contributed by atoms with van der Waals surface area (Å²) in [6.45, 7) is 5.24. The van der Waals surface area contributed by atoms with Crippen molar-refractivity contribution in [1.29, 1.82) is 0 Å². The third-order valence-corrected chi connectivity index (χ3v) is 2.41. The molecule has 74 valence electrons. The van der Waals surface area contributed by atoms with E-state index in [0.29, 0.717) is 6.04 Å². The van der Waals surface area contributed by atoms with Crippen LogP contribution in [0.4, 0.5) is 0 Å². The lowest BCUT2D eigenvalue weighted by Crippen LogP contribution is -2.15. The summed E-state index contributed by atoms with van der Waals surface area (Å²) in [6.07, 6.45) is 1.92. The standard InChI is InChI=1S/C9H16BrN3/c1-7(2)13-8(6-12(3)4)5-11-9(13)10/h5,7H,6H2,1-4H3. The van der Waals surface area contributed by atoms with Crippen molar-refractivity contribution in [1.82, 2.24) is 14.5 Å². The van der Waals surface area contributed by atoms with Crippen LogP contribution in [0.2, 0.25) is 0 Å². The highest BCUT2D eigenvalue weighted by atomic mass is 79.9. The fourth-order valence-corrected chi connectivity index (χ4v) is 2.10. The van der Waals surface area contributed by atoms with E-state index in [9.17, 15) is 0 Å². The maximum atomic E-state index is 4.24. The number of halogens is 1. The van der Waals surface area contributed by atoms with Gasteiger partial charge >= 0.3 is 0 Å². The molecule has 0 radical (unpaired) electrons. The van der Waals surface area contributed by atoms with Crippen LogP contribution in [0.5, 0.6) is 0 Å². The minimum Gasteiger partial charge on any atom is -0.319 e. The largest absolute Gasteiger partial charge is 0.319 e. The average molecular weight is 246 g/mol. The number of hydrogen-bond donors (Lipinski definition) is 0. The third-order valence-electron chi connectivity index (χ3n) is 1.82. The van der Waals surface area contributed by atoms with Gasteiger partial charge in [0.05, 0.1) is 11.9 Å². The van der Waals surface area contributed by atoms with Crippen molar-refractivity contribution >= 4 is 15.9 Å². The summed E-state index contributed by atoms with van der Waals surface area (Å²) >= 11 is 3.44. The van der Waals surface area contributed by atoms with Gasteiger partial charge in [-0.3, -0.25) is 0 Å². The molecule has 1 aromatic rings. The molecule has 1 heterocycles. The molecule has 1 aromatic heterocycles. The monoisotopic (exact) mass is 245 g/mol. The quantitative estimate of drug-likeness (QED) is 0.815. The Hall–Kier alpha value is -0.350. The van der Waals surface area contributed by atoms with E-state index in [4.69, 9.17) is 0 Å². The Balaban J connectivity index is 2.94. The van der Waals surface area contributed by atoms with Crippen LogP contribution in [0.1, 0.15) is 25.6 Å². The first kappa shape index (κ1) is 10.7. The van der Waals surface area contributed by atoms with Gasteiger partial charge in [0.1, 0.15) is 0 Å². The molecule has 0 amide bonds. The first-order valence-corrected chi connectivity index (χ1v) is 5.18. The first-order valence-electron chi connectivity index (χ1n) is 4.38. The Bertz CT molecular complexity index is 278. The molecule has 3 nitrogen and oxygen atoms in total. The molecule has 0 bridgehead atoms. The fraction of sp³-hybridized carbons (Fsp3) is 0.667. The Morgan fingerprint density at radius 2 is 2.15 bits per heavy atom. The molecular formula is C9H16BrN3. The van der Waals surface area contributed by atoms with Crippen LogP contribution in [0, 0.1) is 0 Å². The van der Waals surface area contributed by atoms with Crippen LogP contribution in [-0.4, -0.2) is 28.5 Å². The van der Waals surface area contributed by atoms with Crippen molar-refractivity contribution in [3.8, 4) is 0 Å². The maximum absolute atomic E-state index is 4.24. The van der Waals surface area contributed by atoms with Gasteiger partial charge in [-0.2, -0.15) is 0 Å². The molecule has 0 saturated heterocycles. The molecule has 0 aliphatic heterocycles. The third kappa shape index (κ3) is 2.54. The Morgan fingerprint density at radius 3 is 2.62 bits per heavy atom. The minimum absolute atomic E-state index is 0.451. The zero-order valence-corrected chi connectivity index (χ0v) is 10.2. The van der Waals surface area contributed by atoms with Gasteiger partial charge in [-0.25, -0.2) is 4.98 Å². The molecule has 0 aromatic carbocycles. The van der Waals surface area contributed by atoms with Crippen LogP contribution in [0.25, 0.3) is 0 Å². The fourth-order valence-electron chi connectivity index (χ4n) is 1.36. The summed E-state index contributed by atoms with van der Waals surface area (Å²) < 4.78 is 3.11. The van der Waals surface area contributed by atoms with E-state index in [1.165, 1.54) is 5.69 Å². The van der Waals surface area contributed by atoms with Gasteiger partial charge in [-0.1, -0.05) is 0 Å². The average Bonchev–Trinajstić information content (AvgIpc) is 2.30. The van der Waals surface area contributed by atoms with Gasteiger partial charge < -0.3 is 9.47 Å². The Kier molecular flexibility index (Phi) is 3.50. The van der Waals surface area contributed by atoms with Crippen LogP contribution in [-0.2, 0) is 6.54 Å². The van der Waals surface area contributed by atoms with Crippen molar-refractivity contribution in [3.05, 3.63) is 16.6 Å². The van der Waals surface area contributed by atoms with Crippen LogP contribution in [0.3, 0.4) is 0 Å². The molecule has 0 saturated carbocycles. The van der Waals surface area contributed by atoms with Crippen LogP contribution < -0.4 is 0 Å². The number of hydrogen-bond acceptors (Lipinski definition) is 2. The molecule has 0 fully saturated rings. The highest BCUT2D eigenvalue weighted by molar-refractivity contribution is 9.10. The summed E-state index contributed by atoms with van der Waals surface area (Å²) in [5, 5.41) is 0. The number of imidazole rings is 1. The van der Waals surface area contributed by atoms with Crippen LogP contribution >= 0.6 is 15.9 Å². The summed E-state index contributed by atoms with van der Waals surface area (Å²) in [5.74, 6) is 0. The van der Waals surface area contributed by atoms with E-state index >= 15 is 0 Å². The van der Waals surface area contributed by atoms with Crippen molar-refractivity contribution in [2.45, 2.75) is 26.4 Å². The normalized spacial score (nSPS) is 11.6. The summed E-state index contributed by atoms with van der Waals surface area (Å²) in [5.41, 5.74) is 1.24. The van der Waals surface area contributed by atoms with Crippen LogP contribution in [0.15, 0.2) is 10.9 Å². The molecule has 0 unspecified atom stereocenters. The predicted octanol–water partition coefficient (Wildman–Crippen LogP) is 2.29. The molecule has 0 atom stereocenters. The van der Waals surface area contributed by atoms with Crippen molar-refractivity contribution in [2.75, 3.05) is 14.1 Å². The molecule has 0 aliphatic carbocycles. The van der Waals surface area contributed by atoms with E-state index in [0.717, 1.165) is 11.3 Å². The van der Waals surface area contributed by atoms with Gasteiger partial charge in [0, 0.05) is 12.6 Å². The van der Waals surface area contributed by atoms with E-state index in [1.54, 1.807) is 0 Å². The molecule has 13 heavy (non-hydrogen) atoms. The number of aromatic nitrogens is 2. The maximum Gasteiger partial charge on any atom is 0.177 e. The second-order valence-electron chi connectivity index (χ2n) is 3.72. The van der Waals surface area contributed by atoms with E-state index in [1.807, 2.05) is 6.20 Å². The lowest BCUT2D eigenvalue weighted by atomic mass is 10.3. The number of rotatable bonds is 3. The molecule has 1 rings (SSSR count). The molecule has 0 spiro atoms. The number of nitrogens with zero attached hydrogens (tertiary/aromatic N) is 3. The second kappa shape index (κ2) is 4.24. The smallest absolute Gasteiger partial charge is 0.177 e. The summed E-state index contributed by atoms with van der Waals surface area (Å²) in [7, 11) is 4.12. The zero-order chi connectivity index (χ0) is 10.0. The lowest BCUT2D eigenvalue weighted by Gasteiger charge is -2.16. The Labute approximate surface area is 87.9 Å². The SMILES string of the molecule is CC(C)n1c(CN(C)C)cnc1Br.